The molecular weight excluding hydrogens is 344 g/mol. The molecule has 0 aliphatic carbocycles. The third-order valence-corrected chi connectivity index (χ3v) is 4.22. The average molecular weight is 370 g/mol. The molecule has 7 nitrogen and oxygen atoms in total. The average Bonchev–Trinajstić information content (AvgIpc) is 2.58. The van der Waals surface area contributed by atoms with Gasteiger partial charge in [0.1, 0.15) is 11.9 Å². The summed E-state index contributed by atoms with van der Waals surface area (Å²) < 4.78 is 11.5. The monoisotopic (exact) mass is 370 g/mol. The van der Waals surface area contributed by atoms with Gasteiger partial charge >= 0.3 is 0 Å². The molecule has 0 radical (unpaired) electrons. The maximum absolute atomic E-state index is 11.1. The largest absolute Gasteiger partial charge is 0.488 e. The highest BCUT2D eigenvalue weighted by molar-refractivity contribution is 5.73. The van der Waals surface area contributed by atoms with Crippen LogP contribution in [0.1, 0.15) is 39.3 Å². The maximum Gasteiger partial charge on any atom is 0.225 e. The first-order valence-corrected chi connectivity index (χ1v) is 9.18. The van der Waals surface area contributed by atoms with Crippen molar-refractivity contribution in [2.24, 2.45) is 0 Å². The van der Waals surface area contributed by atoms with E-state index in [1.165, 1.54) is 6.92 Å². The van der Waals surface area contributed by atoms with Crippen LogP contribution in [0.15, 0.2) is 36.7 Å². The first-order valence-electron chi connectivity index (χ1n) is 9.18. The van der Waals surface area contributed by atoms with Gasteiger partial charge in [0.2, 0.25) is 11.9 Å². The summed E-state index contributed by atoms with van der Waals surface area (Å²) in [4.78, 5) is 21.9. The zero-order valence-corrected chi connectivity index (χ0v) is 16.2. The predicted molar refractivity (Wildman–Crippen MR) is 103 cm³/mol. The van der Waals surface area contributed by atoms with Gasteiger partial charge in [-0.1, -0.05) is 12.1 Å². The molecule has 7 heteroatoms. The quantitative estimate of drug-likeness (QED) is 0.808. The van der Waals surface area contributed by atoms with Crippen molar-refractivity contribution in [1.29, 1.82) is 0 Å². The summed E-state index contributed by atoms with van der Waals surface area (Å²) in [5, 5.41) is 2.87. The van der Waals surface area contributed by atoms with Crippen molar-refractivity contribution in [3.05, 3.63) is 42.2 Å². The summed E-state index contributed by atoms with van der Waals surface area (Å²) in [7, 11) is 0. The Balaban J connectivity index is 1.48. The van der Waals surface area contributed by atoms with E-state index in [1.807, 2.05) is 45.0 Å². The number of carbonyl (C=O) groups excluding carboxylic acids is 1. The molecule has 1 aromatic carbocycles. The van der Waals surface area contributed by atoms with Crippen LogP contribution >= 0.6 is 0 Å². The van der Waals surface area contributed by atoms with E-state index in [-0.39, 0.29) is 24.2 Å². The number of benzene rings is 1. The fourth-order valence-corrected chi connectivity index (χ4v) is 2.90. The van der Waals surface area contributed by atoms with Crippen LogP contribution in [-0.2, 0) is 4.79 Å². The number of ether oxygens (including phenoxy) is 2. The van der Waals surface area contributed by atoms with E-state index in [0.29, 0.717) is 11.7 Å². The second-order valence-electron chi connectivity index (χ2n) is 7.02. The van der Waals surface area contributed by atoms with E-state index in [9.17, 15) is 4.79 Å². The Bertz CT molecular complexity index is 756. The van der Waals surface area contributed by atoms with Crippen molar-refractivity contribution in [2.75, 3.05) is 18.0 Å². The van der Waals surface area contributed by atoms with Gasteiger partial charge in [-0.05, 0) is 38.5 Å². The van der Waals surface area contributed by atoms with E-state index in [0.717, 1.165) is 24.4 Å². The first-order chi connectivity index (χ1) is 12.9. The molecule has 1 N–H and O–H groups in total. The summed E-state index contributed by atoms with van der Waals surface area (Å²) in [6, 6.07) is 7.80. The summed E-state index contributed by atoms with van der Waals surface area (Å²) in [5.41, 5.74) is 1.05. The third-order valence-electron chi connectivity index (χ3n) is 4.22. The van der Waals surface area contributed by atoms with Gasteiger partial charge in [0, 0.05) is 6.92 Å². The van der Waals surface area contributed by atoms with E-state index < -0.39 is 0 Å². The molecule has 1 fully saturated rings. The minimum Gasteiger partial charge on any atom is -0.488 e. The molecule has 1 atom stereocenters. The lowest BCUT2D eigenvalue weighted by Crippen LogP contribution is -2.54. The number of anilines is 1. The molecule has 0 saturated carbocycles. The molecule has 3 rings (SSSR count). The van der Waals surface area contributed by atoms with Crippen LogP contribution < -0.4 is 19.7 Å². The normalized spacial score (nSPS) is 15.2. The number of carbonyl (C=O) groups is 1. The standard InChI is InChI=1S/C20H26N4O3/c1-13(2)26-18-9-21-20(22-10-18)24-11-19(12-24)27-17-7-5-16(6-8-17)14(3)23-15(4)25/h5-10,13-14,19H,11-12H2,1-4H3,(H,23,25)/t14-/m0/s1. The lowest BCUT2D eigenvalue weighted by Gasteiger charge is -2.38. The van der Waals surface area contributed by atoms with Gasteiger partial charge in [0.15, 0.2) is 5.75 Å². The lowest BCUT2D eigenvalue weighted by atomic mass is 10.1. The SMILES string of the molecule is CC(=O)N[C@@H](C)c1ccc(OC2CN(c3ncc(OC(C)C)cn3)C2)cc1. The highest BCUT2D eigenvalue weighted by Gasteiger charge is 2.30. The zero-order chi connectivity index (χ0) is 19.4. The Morgan fingerprint density at radius 1 is 1.11 bits per heavy atom. The topological polar surface area (TPSA) is 76.6 Å². The van der Waals surface area contributed by atoms with Crippen LogP contribution in [0.2, 0.25) is 0 Å². The number of rotatable bonds is 7. The number of aromatic nitrogens is 2. The van der Waals surface area contributed by atoms with Crippen LogP contribution in [0.25, 0.3) is 0 Å². The Morgan fingerprint density at radius 2 is 1.74 bits per heavy atom. The third kappa shape index (κ3) is 5.09. The Kier molecular flexibility index (Phi) is 5.78. The maximum atomic E-state index is 11.1. The molecule has 1 aliphatic rings. The molecule has 2 aromatic rings. The van der Waals surface area contributed by atoms with Gasteiger partial charge in [0.25, 0.3) is 0 Å². The number of nitrogens with one attached hydrogen (secondary N) is 1. The van der Waals surface area contributed by atoms with E-state index in [1.54, 1.807) is 12.4 Å². The minimum atomic E-state index is -0.0385. The zero-order valence-electron chi connectivity index (χ0n) is 16.2. The van der Waals surface area contributed by atoms with E-state index in [2.05, 4.69) is 20.2 Å². The molecule has 1 saturated heterocycles. The van der Waals surface area contributed by atoms with Crippen molar-refractivity contribution in [3.8, 4) is 11.5 Å². The molecule has 1 amide bonds. The summed E-state index contributed by atoms with van der Waals surface area (Å²) in [6.45, 7) is 8.91. The van der Waals surface area contributed by atoms with Gasteiger partial charge in [-0.25, -0.2) is 9.97 Å². The van der Waals surface area contributed by atoms with Crippen molar-refractivity contribution >= 4 is 11.9 Å². The number of amides is 1. The van der Waals surface area contributed by atoms with E-state index >= 15 is 0 Å². The van der Waals surface area contributed by atoms with Crippen LogP contribution in [0.4, 0.5) is 5.95 Å². The minimum absolute atomic E-state index is 0.0180. The molecular formula is C20H26N4O3. The van der Waals surface area contributed by atoms with E-state index in [4.69, 9.17) is 9.47 Å². The molecule has 0 spiro atoms. The van der Waals surface area contributed by atoms with Crippen LogP contribution in [0.3, 0.4) is 0 Å². The Morgan fingerprint density at radius 3 is 2.30 bits per heavy atom. The highest BCUT2D eigenvalue weighted by Crippen LogP contribution is 2.24. The molecule has 144 valence electrons. The van der Waals surface area contributed by atoms with Crippen molar-refractivity contribution in [1.82, 2.24) is 15.3 Å². The van der Waals surface area contributed by atoms with Gasteiger partial charge in [-0.2, -0.15) is 0 Å². The Labute approximate surface area is 159 Å². The van der Waals surface area contributed by atoms with Gasteiger partial charge < -0.3 is 19.7 Å². The second-order valence-corrected chi connectivity index (χ2v) is 7.02. The van der Waals surface area contributed by atoms with Crippen LogP contribution in [0.5, 0.6) is 11.5 Å². The summed E-state index contributed by atoms with van der Waals surface area (Å²) >= 11 is 0. The summed E-state index contributed by atoms with van der Waals surface area (Å²) in [6.07, 6.45) is 3.62. The summed E-state index contributed by atoms with van der Waals surface area (Å²) in [5.74, 6) is 2.14. The van der Waals surface area contributed by atoms with Crippen LogP contribution in [0, 0.1) is 0 Å². The van der Waals surface area contributed by atoms with Crippen molar-refractivity contribution in [2.45, 2.75) is 45.9 Å². The van der Waals surface area contributed by atoms with Gasteiger partial charge in [-0.15, -0.1) is 0 Å². The lowest BCUT2D eigenvalue weighted by molar-refractivity contribution is -0.119. The number of hydrogen-bond acceptors (Lipinski definition) is 6. The smallest absolute Gasteiger partial charge is 0.225 e. The second kappa shape index (κ2) is 8.24. The molecule has 0 unspecified atom stereocenters. The molecule has 2 heterocycles. The fourth-order valence-electron chi connectivity index (χ4n) is 2.90. The predicted octanol–water partition coefficient (Wildman–Crippen LogP) is 2.73. The van der Waals surface area contributed by atoms with Gasteiger partial charge in [-0.3, -0.25) is 4.79 Å². The Hall–Kier alpha value is -2.83. The fraction of sp³-hybridized carbons (Fsp3) is 0.450. The number of nitrogens with zero attached hydrogens (tertiary/aromatic N) is 3. The molecule has 27 heavy (non-hydrogen) atoms. The molecule has 0 bridgehead atoms. The van der Waals surface area contributed by atoms with Crippen molar-refractivity contribution < 1.29 is 14.3 Å². The molecule has 1 aromatic heterocycles. The van der Waals surface area contributed by atoms with Gasteiger partial charge in [0.05, 0.1) is 37.6 Å². The highest BCUT2D eigenvalue weighted by atomic mass is 16.5. The first kappa shape index (κ1) is 18.9. The molecule has 1 aliphatic heterocycles. The number of hydrogen-bond donors (Lipinski definition) is 1. The van der Waals surface area contributed by atoms with Crippen LogP contribution in [-0.4, -0.2) is 41.2 Å². The van der Waals surface area contributed by atoms with Crippen molar-refractivity contribution in [3.63, 3.8) is 0 Å².